The number of hydrogen-bond donors (Lipinski definition) is 4. The first-order valence-corrected chi connectivity index (χ1v) is 14.0. The maximum Gasteiger partial charge on any atom is 0.337 e. The summed E-state index contributed by atoms with van der Waals surface area (Å²) in [5.74, 6) is 0.871. The number of nitrogens with one attached hydrogen (secondary N) is 3. The molecule has 1 aliphatic rings. The van der Waals surface area contributed by atoms with E-state index >= 15 is 0 Å². The third kappa shape index (κ3) is 8.12. The smallest absolute Gasteiger partial charge is 0.337 e. The van der Waals surface area contributed by atoms with Gasteiger partial charge in [0.2, 0.25) is 0 Å². The first-order chi connectivity index (χ1) is 19.0. The fourth-order valence-electron chi connectivity index (χ4n) is 3.82. The average Bonchev–Trinajstić information content (AvgIpc) is 2.89. The summed E-state index contributed by atoms with van der Waals surface area (Å²) >= 11 is 7.00. The van der Waals surface area contributed by atoms with Crippen molar-refractivity contribution in [3.63, 3.8) is 0 Å². The van der Waals surface area contributed by atoms with Gasteiger partial charge >= 0.3 is 12.0 Å². The Hall–Kier alpha value is -3.29. The van der Waals surface area contributed by atoms with E-state index in [9.17, 15) is 14.7 Å². The van der Waals surface area contributed by atoms with Gasteiger partial charge in [0.15, 0.2) is 17.7 Å². The van der Waals surface area contributed by atoms with Crippen LogP contribution < -0.4 is 30.3 Å². The van der Waals surface area contributed by atoms with Crippen molar-refractivity contribution in [2.75, 3.05) is 20.3 Å². The van der Waals surface area contributed by atoms with Crippen LogP contribution >= 0.6 is 31.9 Å². The molecule has 1 aliphatic heterocycles. The van der Waals surface area contributed by atoms with E-state index in [1.54, 1.807) is 31.3 Å². The van der Waals surface area contributed by atoms with Crippen LogP contribution in [-0.2, 0) is 9.53 Å². The van der Waals surface area contributed by atoms with Crippen LogP contribution in [0.4, 0.5) is 4.79 Å². The van der Waals surface area contributed by atoms with E-state index in [1.165, 1.54) is 7.11 Å². The lowest BCUT2D eigenvalue weighted by Gasteiger charge is -2.28. The van der Waals surface area contributed by atoms with Crippen molar-refractivity contribution >= 4 is 50.1 Å². The van der Waals surface area contributed by atoms with Gasteiger partial charge in [-0.15, -0.1) is 0 Å². The Morgan fingerprint density at radius 3 is 2.50 bits per heavy atom. The van der Waals surface area contributed by atoms with Gasteiger partial charge in [0.05, 0.1) is 46.6 Å². The van der Waals surface area contributed by atoms with Gasteiger partial charge < -0.3 is 34.7 Å². The van der Waals surface area contributed by atoms with Crippen LogP contribution in [0.25, 0.3) is 0 Å². The molecule has 0 aliphatic carbocycles. The number of esters is 1. The molecule has 0 saturated carbocycles. The summed E-state index contributed by atoms with van der Waals surface area (Å²) in [7, 11) is 1.28. The van der Waals surface area contributed by atoms with Crippen molar-refractivity contribution < 1.29 is 33.6 Å². The lowest BCUT2D eigenvalue weighted by molar-refractivity contribution is -0.136. The Balaban J connectivity index is 1.68. The van der Waals surface area contributed by atoms with E-state index in [1.807, 2.05) is 32.9 Å². The number of aliphatic hydroxyl groups is 1. The zero-order valence-corrected chi connectivity index (χ0v) is 25.9. The van der Waals surface area contributed by atoms with E-state index in [2.05, 4.69) is 53.0 Å². The highest BCUT2D eigenvalue weighted by atomic mass is 79.9. The van der Waals surface area contributed by atoms with E-state index in [0.29, 0.717) is 35.1 Å². The summed E-state index contributed by atoms with van der Waals surface area (Å²) in [6.07, 6.45) is 0.452. The number of halogens is 2. The largest absolute Gasteiger partial charge is 0.490 e. The molecule has 1 heterocycles. The van der Waals surface area contributed by atoms with Crippen molar-refractivity contribution in [1.82, 2.24) is 16.1 Å². The van der Waals surface area contributed by atoms with Crippen LogP contribution in [0.2, 0.25) is 0 Å². The second-order valence-electron chi connectivity index (χ2n) is 8.90. The number of ether oxygens (including phenoxy) is 4. The molecule has 0 fully saturated rings. The van der Waals surface area contributed by atoms with Gasteiger partial charge in [-0.25, -0.2) is 9.59 Å². The predicted molar refractivity (Wildman–Crippen MR) is 157 cm³/mol. The quantitative estimate of drug-likeness (QED) is 0.111. The van der Waals surface area contributed by atoms with Crippen molar-refractivity contribution in [2.45, 2.75) is 46.1 Å². The number of nitrogens with zero attached hydrogens (tertiary/aromatic N) is 1. The number of allylic oxidation sites excluding steroid dienone is 1. The molecule has 0 unspecified atom stereocenters. The van der Waals surface area contributed by atoms with E-state index in [4.69, 9.17) is 18.9 Å². The number of urea groups is 1. The van der Waals surface area contributed by atoms with Crippen molar-refractivity contribution in [2.24, 2.45) is 5.10 Å². The van der Waals surface area contributed by atoms with Gasteiger partial charge in [-0.1, -0.05) is 6.07 Å². The number of aliphatic hydroxyl groups excluding tert-OH is 1. The minimum atomic E-state index is -1.12. The number of hydrazone groups is 1. The van der Waals surface area contributed by atoms with E-state index < -0.39 is 24.3 Å². The molecule has 0 radical (unpaired) electrons. The van der Waals surface area contributed by atoms with Crippen LogP contribution in [-0.4, -0.2) is 56.0 Å². The highest BCUT2D eigenvalue weighted by molar-refractivity contribution is 9.11. The summed E-state index contributed by atoms with van der Waals surface area (Å²) in [4.78, 5) is 24.5. The molecular weight excluding hydrogens is 652 g/mol. The highest BCUT2D eigenvalue weighted by Gasteiger charge is 2.32. The average molecular weight is 684 g/mol. The summed E-state index contributed by atoms with van der Waals surface area (Å²) in [5.41, 5.74) is 4.65. The van der Waals surface area contributed by atoms with Gasteiger partial charge in [0.1, 0.15) is 12.4 Å². The van der Waals surface area contributed by atoms with Crippen LogP contribution in [0.5, 0.6) is 17.2 Å². The third-order valence-corrected chi connectivity index (χ3v) is 6.66. The summed E-state index contributed by atoms with van der Waals surface area (Å²) in [6, 6.07) is 7.52. The molecule has 11 nitrogen and oxygen atoms in total. The number of carbonyl (C=O) groups excluding carboxylic acids is 2. The monoisotopic (exact) mass is 682 g/mol. The Kier molecular flexibility index (Phi) is 11.2. The zero-order valence-electron chi connectivity index (χ0n) is 22.7. The Morgan fingerprint density at radius 2 is 1.88 bits per heavy atom. The summed E-state index contributed by atoms with van der Waals surface area (Å²) in [6.45, 7) is 7.54. The van der Waals surface area contributed by atoms with Crippen LogP contribution in [0.3, 0.4) is 0 Å². The maximum absolute atomic E-state index is 12.4. The van der Waals surface area contributed by atoms with Gasteiger partial charge in [0, 0.05) is 5.70 Å². The number of methoxy groups -OCH3 is 1. The summed E-state index contributed by atoms with van der Waals surface area (Å²) < 4.78 is 23.7. The molecule has 13 heteroatoms. The molecule has 2 aromatic rings. The Morgan fingerprint density at radius 1 is 1.18 bits per heavy atom. The van der Waals surface area contributed by atoms with Crippen molar-refractivity contribution in [3.8, 4) is 17.2 Å². The number of rotatable bonds is 12. The van der Waals surface area contributed by atoms with Gasteiger partial charge in [-0.05, 0) is 94.9 Å². The number of hydrogen-bond acceptors (Lipinski definition) is 9. The molecule has 0 bridgehead atoms. The van der Waals surface area contributed by atoms with Crippen molar-refractivity contribution in [3.05, 3.63) is 61.7 Å². The molecular formula is C27H32Br2N4O7. The highest BCUT2D eigenvalue weighted by Crippen LogP contribution is 2.36. The predicted octanol–water partition coefficient (Wildman–Crippen LogP) is 4.52. The summed E-state index contributed by atoms with van der Waals surface area (Å²) in [5, 5.41) is 19.8. The van der Waals surface area contributed by atoms with Gasteiger partial charge in [-0.2, -0.15) is 5.10 Å². The molecule has 0 spiro atoms. The third-order valence-electron chi connectivity index (χ3n) is 5.48. The number of carbonyl (C=O) groups is 2. The lowest BCUT2D eigenvalue weighted by Crippen LogP contribution is -2.45. The van der Waals surface area contributed by atoms with Gasteiger partial charge in [-0.3, -0.25) is 5.43 Å². The first-order valence-electron chi connectivity index (χ1n) is 12.4. The lowest BCUT2D eigenvalue weighted by atomic mass is 9.95. The van der Waals surface area contributed by atoms with Crippen LogP contribution in [0.15, 0.2) is 55.6 Å². The van der Waals surface area contributed by atoms with E-state index in [0.717, 1.165) is 14.5 Å². The molecule has 2 aromatic carbocycles. The molecule has 2 atom stereocenters. The van der Waals surface area contributed by atoms with Crippen molar-refractivity contribution in [1.29, 1.82) is 0 Å². The number of amides is 2. The molecule has 2 amide bonds. The number of benzene rings is 2. The van der Waals surface area contributed by atoms with Gasteiger partial charge in [0.25, 0.3) is 0 Å². The Bertz CT molecular complexity index is 1280. The Labute approximate surface area is 249 Å². The van der Waals surface area contributed by atoms with Crippen LogP contribution in [0, 0.1) is 0 Å². The first kappa shape index (κ1) is 31.2. The topological polar surface area (TPSA) is 140 Å². The normalized spacial score (nSPS) is 15.9. The standard InChI is InChI=1S/C27H32Br2N4O7/c1-6-38-21-11-17(24-23(26(35)37-5)15(4)31-27(36)32-24)7-8-20(21)39-13-22(34)33-30-12-16-9-18(28)25(19(29)10-16)40-14(2)3/h7-12,14,22,24,33-34H,6,13H2,1-5H3,(H2,31,32,36)/b30-12+/t22-,24-/m1/s1. The fraction of sp³-hybridized carbons (Fsp3) is 0.370. The van der Waals surface area contributed by atoms with Crippen LogP contribution in [0.1, 0.15) is 44.9 Å². The molecule has 0 aromatic heterocycles. The minimum absolute atomic E-state index is 0.0205. The molecule has 0 saturated heterocycles. The SMILES string of the molecule is CCOc1cc([C@H]2NC(=O)NC(C)=C2C(=O)OC)ccc1OC[C@@H](O)N/N=C/c1cc(Br)c(OC(C)C)c(Br)c1. The fourth-order valence-corrected chi connectivity index (χ4v) is 5.23. The molecule has 216 valence electrons. The maximum atomic E-state index is 12.4. The zero-order chi connectivity index (χ0) is 29.4. The molecule has 4 N–H and O–H groups in total. The second kappa shape index (κ2) is 14.4. The molecule has 3 rings (SSSR count). The second-order valence-corrected chi connectivity index (χ2v) is 10.6. The molecule has 40 heavy (non-hydrogen) atoms. The minimum Gasteiger partial charge on any atom is -0.490 e. The van der Waals surface area contributed by atoms with E-state index in [-0.39, 0.29) is 18.3 Å².